The summed E-state index contributed by atoms with van der Waals surface area (Å²) in [6, 6.07) is 17.4. The van der Waals surface area contributed by atoms with Crippen LogP contribution in [0.3, 0.4) is 0 Å². The zero-order chi connectivity index (χ0) is 45.2. The normalized spacial score (nSPS) is 16.4. The van der Waals surface area contributed by atoms with Crippen LogP contribution >= 0.6 is 11.6 Å². The van der Waals surface area contributed by atoms with Gasteiger partial charge in [-0.2, -0.15) is 9.97 Å². The van der Waals surface area contributed by atoms with E-state index in [1.54, 1.807) is 6.20 Å². The van der Waals surface area contributed by atoms with Crippen molar-refractivity contribution in [3.05, 3.63) is 72.1 Å². The van der Waals surface area contributed by atoms with Gasteiger partial charge in [-0.3, -0.25) is 24.2 Å². The summed E-state index contributed by atoms with van der Waals surface area (Å²) in [6.45, 7) is 16.3. The Kier molecular flexibility index (Phi) is 16.3. The molecule has 338 valence electrons. The molecule has 5 aliphatic carbocycles. The molecule has 5 saturated carbocycles. The van der Waals surface area contributed by atoms with Crippen LogP contribution in [0.15, 0.2) is 60.9 Å². The van der Waals surface area contributed by atoms with E-state index in [-0.39, 0.29) is 34.8 Å². The molecule has 0 aliphatic heterocycles. The third-order valence-corrected chi connectivity index (χ3v) is 11.5. The van der Waals surface area contributed by atoms with E-state index in [9.17, 15) is 14.4 Å². The Morgan fingerprint density at radius 3 is 1.35 bits per heavy atom. The number of aryl methyl sites for hydroxylation is 2. The minimum absolute atomic E-state index is 0.00819. The van der Waals surface area contributed by atoms with Crippen LogP contribution in [0.5, 0.6) is 0 Å². The van der Waals surface area contributed by atoms with E-state index in [2.05, 4.69) is 80.7 Å². The Morgan fingerprint density at radius 1 is 0.651 bits per heavy atom. The Morgan fingerprint density at radius 2 is 1.05 bits per heavy atom. The molecule has 5 fully saturated rings. The minimum Gasteiger partial charge on any atom is -0.399 e. The van der Waals surface area contributed by atoms with Gasteiger partial charge in [0.25, 0.3) is 0 Å². The molecule has 6 N–H and O–H groups in total. The lowest BCUT2D eigenvalue weighted by Gasteiger charge is -2.28. The van der Waals surface area contributed by atoms with Crippen LogP contribution < -0.4 is 31.9 Å². The molecule has 4 aromatic rings. The molecule has 2 aromatic carbocycles. The average molecular weight is 881 g/mol. The number of nitrogens with one attached hydrogen (secondary N) is 4. The number of rotatable bonds is 15. The first-order chi connectivity index (χ1) is 30.2. The number of hydrogen-bond donors (Lipinski definition) is 5. The highest BCUT2D eigenvalue weighted by atomic mass is 35.5. The van der Waals surface area contributed by atoms with Gasteiger partial charge in [0, 0.05) is 82.5 Å². The number of nitrogen functional groups attached to an aromatic ring is 1. The number of nitrogens with two attached hydrogens (primary N) is 1. The molecule has 2 heterocycles. The van der Waals surface area contributed by atoms with Gasteiger partial charge in [-0.15, -0.1) is 0 Å². The minimum atomic E-state index is -0.157. The molecular weight excluding hydrogens is 814 g/mol. The van der Waals surface area contributed by atoms with Crippen molar-refractivity contribution in [3.63, 3.8) is 0 Å². The number of aromatic nitrogens is 4. The van der Waals surface area contributed by atoms with Gasteiger partial charge in [-0.1, -0.05) is 6.92 Å². The first kappa shape index (κ1) is 47.1. The van der Waals surface area contributed by atoms with Crippen LogP contribution in [0.25, 0.3) is 0 Å². The molecular formula is C48H66ClN11O3. The Balaban J connectivity index is 0.000000165. The van der Waals surface area contributed by atoms with Crippen molar-refractivity contribution in [3.8, 4) is 0 Å². The largest absolute Gasteiger partial charge is 0.399 e. The predicted molar refractivity (Wildman–Crippen MR) is 255 cm³/mol. The Hall–Kier alpha value is -5.34. The monoisotopic (exact) mass is 880 g/mol. The molecule has 0 saturated heterocycles. The lowest BCUT2D eigenvalue weighted by molar-refractivity contribution is -0.128. The predicted octanol–water partition coefficient (Wildman–Crippen LogP) is 9.75. The highest BCUT2D eigenvalue weighted by Gasteiger charge is 2.42. The fourth-order valence-electron chi connectivity index (χ4n) is 6.68. The van der Waals surface area contributed by atoms with Crippen molar-refractivity contribution in [2.45, 2.75) is 137 Å². The number of imide groups is 1. The molecule has 15 heteroatoms. The zero-order valence-electron chi connectivity index (χ0n) is 38.0. The Labute approximate surface area is 378 Å². The SMILES string of the molecule is CCN(C(C)C)C(C)C.Cc1cnc(Nc2ccc(N(C(=O)C3CC3)C(=O)C3CC3)cc2)nc1NC1CC1.Cc1cnc(Nc2ccc(N)cc2)nc1NC1CC1.O=C(Cl)C1CC1. The molecule has 63 heavy (non-hydrogen) atoms. The van der Waals surface area contributed by atoms with E-state index in [1.165, 1.54) is 30.6 Å². The third-order valence-electron chi connectivity index (χ3n) is 11.2. The molecule has 2 amide bonds. The van der Waals surface area contributed by atoms with Gasteiger partial charge in [-0.05, 0) is 172 Å². The van der Waals surface area contributed by atoms with Crippen LogP contribution in [0.2, 0.25) is 0 Å². The number of benzene rings is 2. The van der Waals surface area contributed by atoms with Crippen LogP contribution in [0.4, 0.5) is 46.3 Å². The highest BCUT2D eigenvalue weighted by Crippen LogP contribution is 2.38. The summed E-state index contributed by atoms with van der Waals surface area (Å²) in [5.41, 5.74) is 10.9. The van der Waals surface area contributed by atoms with E-state index in [1.807, 2.05) is 68.6 Å². The summed E-state index contributed by atoms with van der Waals surface area (Å²) in [6.07, 6.45) is 14.0. The molecule has 0 bridgehead atoms. The average Bonchev–Trinajstić information content (AvgIpc) is 4.05. The summed E-state index contributed by atoms with van der Waals surface area (Å²) in [5, 5.41) is 13.1. The number of carbonyl (C=O) groups excluding carboxylic acids is 3. The maximum atomic E-state index is 12.7. The summed E-state index contributed by atoms with van der Waals surface area (Å²) in [7, 11) is 0. The van der Waals surface area contributed by atoms with Crippen molar-refractivity contribution >= 4 is 74.9 Å². The van der Waals surface area contributed by atoms with Crippen LogP contribution in [-0.4, -0.2) is 72.6 Å². The molecule has 0 unspecified atom stereocenters. The lowest BCUT2D eigenvalue weighted by Crippen LogP contribution is -2.39. The molecule has 5 aliphatic rings. The molecule has 14 nitrogen and oxygen atoms in total. The third kappa shape index (κ3) is 15.2. The van der Waals surface area contributed by atoms with Crippen LogP contribution in [0, 0.1) is 31.6 Å². The first-order valence-electron chi connectivity index (χ1n) is 22.7. The molecule has 2 aromatic heterocycles. The van der Waals surface area contributed by atoms with Gasteiger partial charge in [0.2, 0.25) is 29.0 Å². The van der Waals surface area contributed by atoms with Gasteiger partial charge in [0.15, 0.2) is 0 Å². The maximum absolute atomic E-state index is 12.7. The van der Waals surface area contributed by atoms with E-state index in [0.717, 1.165) is 84.9 Å². The molecule has 0 radical (unpaired) electrons. The van der Waals surface area contributed by atoms with E-state index in [4.69, 9.17) is 17.3 Å². The van der Waals surface area contributed by atoms with E-state index >= 15 is 0 Å². The summed E-state index contributed by atoms with van der Waals surface area (Å²) in [4.78, 5) is 56.9. The van der Waals surface area contributed by atoms with Crippen molar-refractivity contribution in [1.82, 2.24) is 24.8 Å². The summed E-state index contributed by atoms with van der Waals surface area (Å²) >= 11 is 5.04. The van der Waals surface area contributed by atoms with Crippen molar-refractivity contribution < 1.29 is 14.4 Å². The van der Waals surface area contributed by atoms with Gasteiger partial charge in [-0.25, -0.2) is 9.97 Å². The van der Waals surface area contributed by atoms with Gasteiger partial charge in [0.1, 0.15) is 11.6 Å². The zero-order valence-corrected chi connectivity index (χ0v) is 38.7. The fourth-order valence-corrected chi connectivity index (χ4v) is 6.90. The molecule has 0 spiro atoms. The van der Waals surface area contributed by atoms with Crippen molar-refractivity contribution in [2.24, 2.45) is 17.8 Å². The maximum Gasteiger partial charge on any atom is 0.236 e. The summed E-state index contributed by atoms with van der Waals surface area (Å²) in [5.74, 6) is 3.02. The van der Waals surface area contributed by atoms with Crippen molar-refractivity contribution in [2.75, 3.05) is 38.4 Å². The van der Waals surface area contributed by atoms with Gasteiger partial charge in [0.05, 0.1) is 5.69 Å². The standard InChI is InChI=1S/C22H25N5O2.C14H17N5.C8H19N.C4H5ClO/c1-13-12-23-22(26-19(13)24-16-6-7-16)25-17-8-10-18(11-9-17)27(20(28)14-2-3-14)21(29)15-4-5-15;1-9-8-16-14(19-13(9)17-11-6-7-11)18-12-4-2-10(15)3-5-12;1-6-9(7(2)3)8(4)5;5-4(6)3-1-2-3/h8-12,14-16H,2-7H2,1H3,(H2,23,24,25,26);2-5,8,11H,6-7,15H2,1H3,(H2,16,17,18,19);7-8H,6H2,1-5H3;3H,1-2H2. The Bertz CT molecular complexity index is 2120. The quantitative estimate of drug-likeness (QED) is 0.0433. The van der Waals surface area contributed by atoms with E-state index in [0.29, 0.717) is 41.8 Å². The van der Waals surface area contributed by atoms with E-state index < -0.39 is 0 Å². The lowest BCUT2D eigenvalue weighted by atomic mass is 10.2. The van der Waals surface area contributed by atoms with Crippen LogP contribution in [-0.2, 0) is 14.4 Å². The second-order valence-corrected chi connectivity index (χ2v) is 18.2. The number of carbonyl (C=O) groups is 3. The molecule has 9 rings (SSSR count). The first-order valence-corrected chi connectivity index (χ1v) is 23.1. The number of halogens is 1. The van der Waals surface area contributed by atoms with Gasteiger partial charge >= 0.3 is 0 Å². The number of hydrogen-bond acceptors (Lipinski definition) is 13. The fraction of sp³-hybridized carbons (Fsp3) is 0.521. The highest BCUT2D eigenvalue weighted by molar-refractivity contribution is 6.64. The summed E-state index contributed by atoms with van der Waals surface area (Å²) < 4.78 is 0. The number of anilines is 8. The number of amides is 2. The molecule has 0 atom stereocenters. The second-order valence-electron chi connectivity index (χ2n) is 17.9. The second kappa shape index (κ2) is 21.8. The van der Waals surface area contributed by atoms with Crippen molar-refractivity contribution in [1.29, 1.82) is 0 Å². The topological polar surface area (TPSA) is 183 Å². The van der Waals surface area contributed by atoms with Crippen LogP contribution in [0.1, 0.15) is 110 Å². The van der Waals surface area contributed by atoms with Gasteiger partial charge < -0.3 is 27.0 Å². The number of nitrogens with zero attached hydrogens (tertiary/aromatic N) is 6. The smallest absolute Gasteiger partial charge is 0.236 e.